The van der Waals surface area contributed by atoms with Crippen LogP contribution in [0.2, 0.25) is 0 Å². The Labute approximate surface area is 161 Å². The lowest BCUT2D eigenvalue weighted by Gasteiger charge is -2.11. The van der Waals surface area contributed by atoms with E-state index in [2.05, 4.69) is 10.4 Å². The van der Waals surface area contributed by atoms with Crippen molar-refractivity contribution in [3.05, 3.63) is 75.1 Å². The average Bonchev–Trinajstić information content (AvgIpc) is 2.96. The van der Waals surface area contributed by atoms with Gasteiger partial charge in [0, 0.05) is 25.4 Å². The lowest BCUT2D eigenvalue weighted by molar-refractivity contribution is -0.384. The molecule has 0 aliphatic carbocycles. The smallest absolute Gasteiger partial charge is 0.275 e. The second-order valence-electron chi connectivity index (χ2n) is 6.60. The first-order valence-electron chi connectivity index (χ1n) is 8.59. The summed E-state index contributed by atoms with van der Waals surface area (Å²) in [5, 5.41) is 18.1. The molecule has 0 bridgehead atoms. The van der Waals surface area contributed by atoms with Gasteiger partial charge in [-0.25, -0.2) is 0 Å². The molecule has 3 rings (SSSR count). The van der Waals surface area contributed by atoms with Gasteiger partial charge in [-0.05, 0) is 38.0 Å². The summed E-state index contributed by atoms with van der Waals surface area (Å²) in [6, 6.07) is 9.89. The Morgan fingerprint density at radius 3 is 2.57 bits per heavy atom. The van der Waals surface area contributed by atoms with Gasteiger partial charge in [0.25, 0.3) is 11.6 Å². The molecule has 0 radical (unpaired) electrons. The Hall–Kier alpha value is -3.68. The highest BCUT2D eigenvalue weighted by molar-refractivity contribution is 6.05. The molecule has 1 aromatic heterocycles. The molecule has 144 valence electrons. The van der Waals surface area contributed by atoms with Crippen LogP contribution in [0.25, 0.3) is 0 Å². The fourth-order valence-electron chi connectivity index (χ4n) is 2.79. The lowest BCUT2D eigenvalue weighted by Crippen LogP contribution is -2.12. The van der Waals surface area contributed by atoms with Crippen molar-refractivity contribution in [2.75, 3.05) is 5.32 Å². The Bertz CT molecular complexity index is 1070. The zero-order chi connectivity index (χ0) is 20.4. The summed E-state index contributed by atoms with van der Waals surface area (Å²) in [5.41, 5.74) is 2.95. The molecule has 1 N–H and O–H groups in total. The SMILES string of the molecule is Cc1ccc(C)c(Oc2cc(NC(=O)c3cn(C)nc3C)cc([N+](=O)[O-])c2)c1. The highest BCUT2D eigenvalue weighted by atomic mass is 16.6. The van der Waals surface area contributed by atoms with Gasteiger partial charge in [0.15, 0.2) is 0 Å². The van der Waals surface area contributed by atoms with Crippen molar-refractivity contribution in [2.45, 2.75) is 20.8 Å². The van der Waals surface area contributed by atoms with Gasteiger partial charge in [-0.2, -0.15) is 5.10 Å². The Morgan fingerprint density at radius 2 is 1.93 bits per heavy atom. The van der Waals surface area contributed by atoms with Crippen LogP contribution < -0.4 is 10.1 Å². The van der Waals surface area contributed by atoms with E-state index in [1.807, 2.05) is 32.0 Å². The van der Waals surface area contributed by atoms with Gasteiger partial charge < -0.3 is 10.1 Å². The number of anilines is 1. The normalized spacial score (nSPS) is 10.6. The number of benzene rings is 2. The van der Waals surface area contributed by atoms with E-state index >= 15 is 0 Å². The summed E-state index contributed by atoms with van der Waals surface area (Å²) in [4.78, 5) is 23.3. The average molecular weight is 380 g/mol. The topological polar surface area (TPSA) is 99.3 Å². The van der Waals surface area contributed by atoms with Crippen LogP contribution in [-0.2, 0) is 7.05 Å². The van der Waals surface area contributed by atoms with Crippen molar-refractivity contribution in [1.82, 2.24) is 9.78 Å². The molecule has 0 saturated carbocycles. The first-order chi connectivity index (χ1) is 13.2. The molecule has 8 heteroatoms. The molecular formula is C20H20N4O4. The van der Waals surface area contributed by atoms with E-state index in [1.54, 1.807) is 26.2 Å². The third kappa shape index (κ3) is 4.17. The predicted octanol–water partition coefficient (Wildman–Crippen LogP) is 4.30. The van der Waals surface area contributed by atoms with Gasteiger partial charge >= 0.3 is 0 Å². The fraction of sp³-hybridized carbons (Fsp3) is 0.200. The third-order valence-corrected chi connectivity index (χ3v) is 4.19. The maximum atomic E-state index is 12.5. The molecule has 0 aliphatic rings. The first-order valence-corrected chi connectivity index (χ1v) is 8.59. The van der Waals surface area contributed by atoms with Crippen molar-refractivity contribution in [2.24, 2.45) is 7.05 Å². The van der Waals surface area contributed by atoms with Crippen molar-refractivity contribution in [3.8, 4) is 11.5 Å². The van der Waals surface area contributed by atoms with E-state index < -0.39 is 10.8 Å². The highest BCUT2D eigenvalue weighted by Gasteiger charge is 2.17. The molecule has 0 aliphatic heterocycles. The van der Waals surface area contributed by atoms with E-state index in [9.17, 15) is 14.9 Å². The van der Waals surface area contributed by atoms with Crippen LogP contribution in [-0.4, -0.2) is 20.6 Å². The molecule has 8 nitrogen and oxygen atoms in total. The number of carbonyl (C=O) groups is 1. The molecule has 0 saturated heterocycles. The predicted molar refractivity (Wildman–Crippen MR) is 105 cm³/mol. The Morgan fingerprint density at radius 1 is 1.18 bits per heavy atom. The molecule has 0 spiro atoms. The van der Waals surface area contributed by atoms with Gasteiger partial charge in [0.2, 0.25) is 0 Å². The van der Waals surface area contributed by atoms with E-state index in [1.165, 1.54) is 16.8 Å². The molecule has 2 aromatic carbocycles. The lowest BCUT2D eigenvalue weighted by atomic mass is 10.1. The van der Waals surface area contributed by atoms with Crippen LogP contribution in [0.15, 0.2) is 42.6 Å². The molecule has 1 heterocycles. The number of hydrogen-bond acceptors (Lipinski definition) is 5. The van der Waals surface area contributed by atoms with Crippen molar-refractivity contribution in [3.63, 3.8) is 0 Å². The van der Waals surface area contributed by atoms with Crippen LogP contribution >= 0.6 is 0 Å². The minimum Gasteiger partial charge on any atom is -0.457 e. The van der Waals surface area contributed by atoms with Gasteiger partial charge in [-0.1, -0.05) is 12.1 Å². The Balaban J connectivity index is 1.93. The third-order valence-electron chi connectivity index (χ3n) is 4.19. The van der Waals surface area contributed by atoms with Crippen molar-refractivity contribution in [1.29, 1.82) is 0 Å². The van der Waals surface area contributed by atoms with Crippen LogP contribution in [0.4, 0.5) is 11.4 Å². The highest BCUT2D eigenvalue weighted by Crippen LogP contribution is 2.32. The molecule has 3 aromatic rings. The molecule has 0 atom stereocenters. The summed E-state index contributed by atoms with van der Waals surface area (Å²) in [6.45, 7) is 5.54. The zero-order valence-electron chi connectivity index (χ0n) is 16.0. The van der Waals surface area contributed by atoms with Gasteiger partial charge in [0.1, 0.15) is 11.5 Å². The molecule has 0 unspecified atom stereocenters. The van der Waals surface area contributed by atoms with Crippen LogP contribution in [0.5, 0.6) is 11.5 Å². The number of nitrogens with zero attached hydrogens (tertiary/aromatic N) is 3. The number of non-ortho nitro benzene ring substituents is 1. The van der Waals surface area contributed by atoms with Gasteiger partial charge in [0.05, 0.1) is 27.9 Å². The number of amides is 1. The number of hydrogen-bond donors (Lipinski definition) is 1. The largest absolute Gasteiger partial charge is 0.457 e. The number of nitro groups is 1. The molecule has 0 fully saturated rings. The maximum absolute atomic E-state index is 12.5. The minimum atomic E-state index is -0.527. The summed E-state index contributed by atoms with van der Waals surface area (Å²) in [6.07, 6.45) is 1.59. The summed E-state index contributed by atoms with van der Waals surface area (Å²) >= 11 is 0. The quantitative estimate of drug-likeness (QED) is 0.525. The summed E-state index contributed by atoms with van der Waals surface area (Å²) < 4.78 is 7.40. The molecule has 1 amide bonds. The first kappa shape index (κ1) is 19.1. The number of aryl methyl sites for hydroxylation is 4. The number of rotatable bonds is 5. The number of carbonyl (C=O) groups excluding carboxylic acids is 1. The molecule has 28 heavy (non-hydrogen) atoms. The number of nitro benzene ring substituents is 1. The fourth-order valence-corrected chi connectivity index (χ4v) is 2.79. The summed E-state index contributed by atoms with van der Waals surface area (Å²) in [5.74, 6) is 0.464. The minimum absolute atomic E-state index is 0.180. The zero-order valence-corrected chi connectivity index (χ0v) is 16.0. The second kappa shape index (κ2) is 7.51. The number of aromatic nitrogens is 2. The van der Waals surface area contributed by atoms with Crippen LogP contribution in [0.1, 0.15) is 27.2 Å². The maximum Gasteiger partial charge on any atom is 0.275 e. The monoisotopic (exact) mass is 380 g/mol. The van der Waals surface area contributed by atoms with Crippen LogP contribution in [0, 0.1) is 30.9 Å². The standard InChI is InChI=1S/C20H20N4O4/c1-12-5-6-13(2)19(7-12)28-17-9-15(8-16(10-17)24(26)27)21-20(25)18-11-23(4)22-14(18)3/h5-11H,1-4H3,(H,21,25). The van der Waals surface area contributed by atoms with E-state index in [0.717, 1.165) is 11.1 Å². The number of nitrogens with one attached hydrogen (secondary N) is 1. The van der Waals surface area contributed by atoms with E-state index in [4.69, 9.17) is 4.74 Å². The van der Waals surface area contributed by atoms with Gasteiger partial charge in [-0.3, -0.25) is 19.6 Å². The van der Waals surface area contributed by atoms with Crippen molar-refractivity contribution < 1.29 is 14.5 Å². The van der Waals surface area contributed by atoms with Crippen LogP contribution in [0.3, 0.4) is 0 Å². The Kier molecular flexibility index (Phi) is 5.12. The van der Waals surface area contributed by atoms with E-state index in [-0.39, 0.29) is 17.1 Å². The molecular weight excluding hydrogens is 360 g/mol. The second-order valence-corrected chi connectivity index (χ2v) is 6.60. The number of ether oxygens (including phenoxy) is 1. The van der Waals surface area contributed by atoms with Gasteiger partial charge in [-0.15, -0.1) is 0 Å². The summed E-state index contributed by atoms with van der Waals surface area (Å²) in [7, 11) is 1.72. The van der Waals surface area contributed by atoms with E-state index in [0.29, 0.717) is 17.0 Å². The van der Waals surface area contributed by atoms with Crippen molar-refractivity contribution >= 4 is 17.3 Å².